The van der Waals surface area contributed by atoms with Crippen LogP contribution in [0.5, 0.6) is 0 Å². The van der Waals surface area contributed by atoms with E-state index in [1.165, 1.54) is 11.1 Å². The number of carbonyl (C=O) groups excluding carboxylic acids is 1. The standard InChI is InChI=1S/C24H30N4O/c1-3-28-22-9-5-4-8-21(22)26-23(28)17-27-14-6-7-20(16-27)24(29)25-15-19-12-10-18(2)11-13-19/h4-5,8-13,20H,3,6-7,14-17H2,1-2H3,(H,25,29)/t20-/m0/s1. The van der Waals surface area contributed by atoms with Gasteiger partial charge in [-0.25, -0.2) is 4.98 Å². The monoisotopic (exact) mass is 390 g/mol. The fourth-order valence-corrected chi connectivity index (χ4v) is 4.25. The number of nitrogens with zero attached hydrogens (tertiary/aromatic N) is 3. The number of nitrogens with one attached hydrogen (secondary N) is 1. The number of para-hydroxylation sites is 2. The number of aromatic nitrogens is 2. The number of carbonyl (C=O) groups is 1. The molecule has 1 N–H and O–H groups in total. The lowest BCUT2D eigenvalue weighted by Gasteiger charge is -2.31. The van der Waals surface area contributed by atoms with E-state index in [0.717, 1.165) is 55.9 Å². The van der Waals surface area contributed by atoms with Gasteiger partial charge >= 0.3 is 0 Å². The van der Waals surface area contributed by atoms with Crippen LogP contribution in [0.25, 0.3) is 11.0 Å². The summed E-state index contributed by atoms with van der Waals surface area (Å²) in [5.41, 5.74) is 4.62. The van der Waals surface area contributed by atoms with Gasteiger partial charge < -0.3 is 9.88 Å². The van der Waals surface area contributed by atoms with Crippen molar-refractivity contribution in [3.05, 3.63) is 65.5 Å². The number of likely N-dealkylation sites (tertiary alicyclic amines) is 1. The minimum atomic E-state index is 0.0497. The molecule has 0 radical (unpaired) electrons. The van der Waals surface area contributed by atoms with Crippen molar-refractivity contribution in [2.24, 2.45) is 5.92 Å². The van der Waals surface area contributed by atoms with Crippen LogP contribution in [0.1, 0.15) is 36.7 Å². The number of hydrogen-bond donors (Lipinski definition) is 1. The second kappa shape index (κ2) is 8.78. The Labute approximate surface area is 172 Å². The van der Waals surface area contributed by atoms with Gasteiger partial charge in [0.25, 0.3) is 0 Å². The van der Waals surface area contributed by atoms with Gasteiger partial charge in [0.2, 0.25) is 5.91 Å². The highest BCUT2D eigenvalue weighted by Gasteiger charge is 2.26. The first-order valence-electron chi connectivity index (χ1n) is 10.6. The quantitative estimate of drug-likeness (QED) is 0.695. The minimum Gasteiger partial charge on any atom is -0.352 e. The molecule has 3 aromatic rings. The highest BCUT2D eigenvalue weighted by Crippen LogP contribution is 2.21. The molecule has 0 bridgehead atoms. The van der Waals surface area contributed by atoms with Gasteiger partial charge in [0.05, 0.1) is 23.5 Å². The number of hydrogen-bond acceptors (Lipinski definition) is 3. The maximum Gasteiger partial charge on any atom is 0.224 e. The lowest BCUT2D eigenvalue weighted by Crippen LogP contribution is -2.42. The maximum atomic E-state index is 12.7. The number of aryl methyl sites for hydroxylation is 2. The zero-order valence-corrected chi connectivity index (χ0v) is 17.4. The first kappa shape index (κ1) is 19.6. The van der Waals surface area contributed by atoms with Gasteiger partial charge in [-0.05, 0) is 50.9 Å². The van der Waals surface area contributed by atoms with Crippen LogP contribution in [-0.2, 0) is 24.4 Å². The fraction of sp³-hybridized carbons (Fsp3) is 0.417. The summed E-state index contributed by atoms with van der Waals surface area (Å²) in [5.74, 6) is 1.31. The molecule has 1 fully saturated rings. The summed E-state index contributed by atoms with van der Waals surface area (Å²) in [4.78, 5) is 20.0. The Bertz CT molecular complexity index is 976. The van der Waals surface area contributed by atoms with Crippen molar-refractivity contribution in [1.82, 2.24) is 19.8 Å². The molecule has 2 heterocycles. The van der Waals surface area contributed by atoms with E-state index in [0.29, 0.717) is 6.54 Å². The Balaban J connectivity index is 1.38. The number of benzene rings is 2. The molecule has 1 amide bonds. The molecule has 5 nitrogen and oxygen atoms in total. The highest BCUT2D eigenvalue weighted by atomic mass is 16.1. The van der Waals surface area contributed by atoms with Gasteiger partial charge in [0.15, 0.2) is 0 Å². The average molecular weight is 391 g/mol. The molecule has 0 spiro atoms. The van der Waals surface area contributed by atoms with Crippen molar-refractivity contribution in [2.45, 2.75) is 46.3 Å². The zero-order chi connectivity index (χ0) is 20.2. The maximum absolute atomic E-state index is 12.7. The van der Waals surface area contributed by atoms with Gasteiger partial charge in [-0.1, -0.05) is 42.0 Å². The van der Waals surface area contributed by atoms with Gasteiger partial charge in [-0.2, -0.15) is 0 Å². The first-order chi connectivity index (χ1) is 14.1. The van der Waals surface area contributed by atoms with Crippen molar-refractivity contribution >= 4 is 16.9 Å². The largest absolute Gasteiger partial charge is 0.352 e. The second-order valence-electron chi connectivity index (χ2n) is 8.04. The van der Waals surface area contributed by atoms with Crippen LogP contribution in [-0.4, -0.2) is 33.4 Å². The summed E-state index contributed by atoms with van der Waals surface area (Å²) in [6.45, 7) is 8.36. The van der Waals surface area contributed by atoms with Gasteiger partial charge in [0.1, 0.15) is 5.82 Å². The number of rotatable bonds is 6. The highest BCUT2D eigenvalue weighted by molar-refractivity contribution is 5.79. The molecule has 4 rings (SSSR count). The molecule has 1 aromatic heterocycles. The molecular weight excluding hydrogens is 360 g/mol. The molecule has 0 unspecified atom stereocenters. The molecule has 1 saturated heterocycles. The third kappa shape index (κ3) is 4.51. The van der Waals surface area contributed by atoms with E-state index < -0.39 is 0 Å². The van der Waals surface area contributed by atoms with E-state index in [4.69, 9.17) is 4.98 Å². The smallest absolute Gasteiger partial charge is 0.224 e. The van der Waals surface area contributed by atoms with E-state index in [2.05, 4.69) is 71.1 Å². The summed E-state index contributed by atoms with van der Waals surface area (Å²) in [6.07, 6.45) is 2.01. The molecular formula is C24H30N4O. The third-order valence-electron chi connectivity index (χ3n) is 5.88. The third-order valence-corrected chi connectivity index (χ3v) is 5.88. The predicted molar refractivity (Wildman–Crippen MR) is 116 cm³/mol. The lowest BCUT2D eigenvalue weighted by atomic mass is 9.97. The van der Waals surface area contributed by atoms with Gasteiger partial charge in [0, 0.05) is 19.6 Å². The molecule has 1 aliphatic heterocycles. The van der Waals surface area contributed by atoms with Crippen LogP contribution in [0, 0.1) is 12.8 Å². The van der Waals surface area contributed by atoms with Gasteiger partial charge in [-0.3, -0.25) is 9.69 Å². The average Bonchev–Trinajstić information content (AvgIpc) is 3.10. The van der Waals surface area contributed by atoms with Crippen molar-refractivity contribution in [2.75, 3.05) is 13.1 Å². The van der Waals surface area contributed by atoms with E-state index >= 15 is 0 Å². The van der Waals surface area contributed by atoms with E-state index in [-0.39, 0.29) is 11.8 Å². The number of imidazole rings is 1. The zero-order valence-electron chi connectivity index (χ0n) is 17.4. The van der Waals surface area contributed by atoms with Crippen LogP contribution < -0.4 is 5.32 Å². The Morgan fingerprint density at radius 1 is 1.17 bits per heavy atom. The second-order valence-corrected chi connectivity index (χ2v) is 8.04. The van der Waals surface area contributed by atoms with Crippen molar-refractivity contribution in [3.63, 3.8) is 0 Å². The van der Waals surface area contributed by atoms with Crippen LogP contribution in [0.2, 0.25) is 0 Å². The Morgan fingerprint density at radius 2 is 1.97 bits per heavy atom. The molecule has 0 saturated carbocycles. The van der Waals surface area contributed by atoms with E-state index in [1.807, 2.05) is 6.07 Å². The molecule has 29 heavy (non-hydrogen) atoms. The van der Waals surface area contributed by atoms with E-state index in [9.17, 15) is 4.79 Å². The van der Waals surface area contributed by atoms with Gasteiger partial charge in [-0.15, -0.1) is 0 Å². The minimum absolute atomic E-state index is 0.0497. The van der Waals surface area contributed by atoms with Crippen LogP contribution in [0.4, 0.5) is 0 Å². The Morgan fingerprint density at radius 3 is 2.76 bits per heavy atom. The predicted octanol–water partition coefficient (Wildman–Crippen LogP) is 3.89. The van der Waals surface area contributed by atoms with Crippen LogP contribution in [0.3, 0.4) is 0 Å². The van der Waals surface area contributed by atoms with Crippen molar-refractivity contribution in [1.29, 1.82) is 0 Å². The SMILES string of the molecule is CCn1c(CN2CCC[C@H](C(=O)NCc3ccc(C)cc3)C2)nc2ccccc21. The summed E-state index contributed by atoms with van der Waals surface area (Å²) in [6, 6.07) is 16.6. The molecule has 2 aromatic carbocycles. The molecule has 5 heteroatoms. The topological polar surface area (TPSA) is 50.2 Å². The van der Waals surface area contributed by atoms with Crippen LogP contribution >= 0.6 is 0 Å². The summed E-state index contributed by atoms with van der Waals surface area (Å²) in [7, 11) is 0. The van der Waals surface area contributed by atoms with Crippen molar-refractivity contribution in [3.8, 4) is 0 Å². The van der Waals surface area contributed by atoms with E-state index in [1.54, 1.807) is 0 Å². The normalized spacial score (nSPS) is 17.5. The first-order valence-corrected chi connectivity index (χ1v) is 10.6. The van der Waals surface area contributed by atoms with Crippen molar-refractivity contribution < 1.29 is 4.79 Å². The number of amides is 1. The Hall–Kier alpha value is -2.66. The molecule has 0 aliphatic carbocycles. The molecule has 152 valence electrons. The molecule has 1 atom stereocenters. The summed E-state index contributed by atoms with van der Waals surface area (Å²) >= 11 is 0. The fourth-order valence-electron chi connectivity index (χ4n) is 4.25. The number of fused-ring (bicyclic) bond motifs is 1. The van der Waals surface area contributed by atoms with Crippen LogP contribution in [0.15, 0.2) is 48.5 Å². The number of piperidine rings is 1. The molecule has 1 aliphatic rings. The lowest BCUT2D eigenvalue weighted by molar-refractivity contribution is -0.127. The summed E-state index contributed by atoms with van der Waals surface area (Å²) < 4.78 is 2.29. The Kier molecular flexibility index (Phi) is 5.95. The summed E-state index contributed by atoms with van der Waals surface area (Å²) in [5, 5.41) is 3.13.